The minimum Gasteiger partial charge on any atom is -0.395 e. The number of carbonyl (C=O) groups excluding carboxylic acids is 2. The van der Waals surface area contributed by atoms with Crippen LogP contribution in [0.15, 0.2) is 11.4 Å². The topological polar surface area (TPSA) is 83.6 Å². The van der Waals surface area contributed by atoms with E-state index in [1.807, 2.05) is 5.38 Å². The smallest absolute Gasteiger partial charge is 0.265 e. The lowest BCUT2D eigenvalue weighted by Crippen LogP contribution is -2.31. The maximum Gasteiger partial charge on any atom is 0.265 e. The fourth-order valence-corrected chi connectivity index (χ4v) is 2.92. The second-order valence-corrected chi connectivity index (χ2v) is 5.49. The number of carbonyl (C=O) groups is 2. The highest BCUT2D eigenvalue weighted by Crippen LogP contribution is 2.23. The number of thiophene rings is 1. The molecular weight excluding hydrogens is 276 g/mol. The Labute approximate surface area is 121 Å². The third kappa shape index (κ3) is 3.18. The van der Waals surface area contributed by atoms with Gasteiger partial charge in [0, 0.05) is 25.1 Å². The molecule has 2 amide bonds. The summed E-state index contributed by atoms with van der Waals surface area (Å²) in [4.78, 5) is 25.8. The number of hydrogen-bond acceptors (Lipinski definition) is 4. The normalized spacial score (nSPS) is 17.6. The Morgan fingerprint density at radius 2 is 2.35 bits per heavy atom. The molecular formula is C14H16N2O3S. The Kier molecular flexibility index (Phi) is 4.77. The molecule has 5 nitrogen and oxygen atoms in total. The maximum atomic E-state index is 12.4. The molecule has 3 N–H and O–H groups in total. The number of primary amides is 1. The van der Waals surface area contributed by atoms with Crippen molar-refractivity contribution in [3.05, 3.63) is 21.9 Å². The van der Waals surface area contributed by atoms with E-state index in [-0.39, 0.29) is 24.3 Å². The minimum absolute atomic E-state index is 0.00678. The quantitative estimate of drug-likeness (QED) is 0.792. The zero-order valence-corrected chi connectivity index (χ0v) is 11.8. The lowest BCUT2D eigenvalue weighted by molar-refractivity contribution is -0.121. The molecule has 6 heteroatoms. The second kappa shape index (κ2) is 6.55. The van der Waals surface area contributed by atoms with Crippen molar-refractivity contribution in [1.29, 1.82) is 0 Å². The van der Waals surface area contributed by atoms with E-state index in [1.54, 1.807) is 11.0 Å². The molecule has 1 saturated heterocycles. The first-order valence-corrected chi connectivity index (χ1v) is 7.27. The number of rotatable bonds is 3. The van der Waals surface area contributed by atoms with Crippen LogP contribution in [0.3, 0.4) is 0 Å². The fraction of sp³-hybridized carbons (Fsp3) is 0.429. The van der Waals surface area contributed by atoms with Crippen molar-refractivity contribution in [3.63, 3.8) is 0 Å². The highest BCUT2D eigenvalue weighted by Gasteiger charge is 2.31. The van der Waals surface area contributed by atoms with E-state index >= 15 is 0 Å². The molecule has 1 aromatic heterocycles. The first-order valence-electron chi connectivity index (χ1n) is 6.39. The van der Waals surface area contributed by atoms with Gasteiger partial charge in [0.1, 0.15) is 4.88 Å². The summed E-state index contributed by atoms with van der Waals surface area (Å²) < 4.78 is 0. The molecule has 1 unspecified atom stereocenters. The Morgan fingerprint density at radius 3 is 3.00 bits per heavy atom. The Bertz CT molecular complexity index is 570. The van der Waals surface area contributed by atoms with Crippen LogP contribution in [-0.2, 0) is 4.79 Å². The second-order valence-electron chi connectivity index (χ2n) is 4.58. The summed E-state index contributed by atoms with van der Waals surface area (Å²) in [6.07, 6.45) is 1.01. The molecule has 0 aliphatic carbocycles. The van der Waals surface area contributed by atoms with Crippen molar-refractivity contribution in [2.24, 2.45) is 11.7 Å². The minimum atomic E-state index is -0.352. The third-order valence-electron chi connectivity index (χ3n) is 3.20. The Morgan fingerprint density at radius 1 is 1.55 bits per heavy atom. The van der Waals surface area contributed by atoms with Crippen LogP contribution in [0, 0.1) is 17.8 Å². The van der Waals surface area contributed by atoms with Gasteiger partial charge < -0.3 is 15.7 Å². The molecule has 0 spiro atoms. The number of likely N-dealkylation sites (tertiary alicyclic amines) is 1. The Balaban J connectivity index is 2.09. The van der Waals surface area contributed by atoms with E-state index in [4.69, 9.17) is 10.8 Å². The van der Waals surface area contributed by atoms with E-state index < -0.39 is 0 Å². The van der Waals surface area contributed by atoms with E-state index in [0.29, 0.717) is 36.4 Å². The van der Waals surface area contributed by atoms with Crippen LogP contribution in [0.25, 0.3) is 0 Å². The molecule has 1 aromatic rings. The Hall–Kier alpha value is -1.84. The molecule has 0 bridgehead atoms. The molecule has 2 heterocycles. The highest BCUT2D eigenvalue weighted by atomic mass is 32.1. The zero-order valence-electron chi connectivity index (χ0n) is 11.0. The number of nitrogens with two attached hydrogens (primary N) is 1. The van der Waals surface area contributed by atoms with Gasteiger partial charge in [0.2, 0.25) is 5.91 Å². The molecule has 2 rings (SSSR count). The summed E-state index contributed by atoms with van der Waals surface area (Å²) >= 11 is 1.34. The first kappa shape index (κ1) is 14.6. The number of aliphatic hydroxyl groups is 1. The van der Waals surface area contributed by atoms with Crippen LogP contribution in [0.5, 0.6) is 0 Å². The van der Waals surface area contributed by atoms with E-state index in [2.05, 4.69) is 11.8 Å². The van der Waals surface area contributed by atoms with Crippen molar-refractivity contribution in [3.8, 4) is 11.8 Å². The molecule has 1 aliphatic heterocycles. The van der Waals surface area contributed by atoms with E-state index in [9.17, 15) is 9.59 Å². The van der Waals surface area contributed by atoms with Gasteiger partial charge in [-0.25, -0.2) is 0 Å². The summed E-state index contributed by atoms with van der Waals surface area (Å²) in [6.45, 7) is 0.941. The molecule has 106 valence electrons. The van der Waals surface area contributed by atoms with Crippen molar-refractivity contribution in [2.45, 2.75) is 12.8 Å². The SMILES string of the molecule is NC(=O)C1CCN(C(=O)c2sccc2C#CCCO)C1. The van der Waals surface area contributed by atoms with Gasteiger partial charge in [-0.3, -0.25) is 9.59 Å². The van der Waals surface area contributed by atoms with Crippen LogP contribution in [0.1, 0.15) is 28.1 Å². The van der Waals surface area contributed by atoms with Gasteiger partial charge in [0.25, 0.3) is 5.91 Å². The summed E-state index contributed by atoms with van der Waals surface area (Å²) in [5, 5.41) is 10.5. The predicted octanol–water partition coefficient (Wildman–Crippen LogP) is 0.429. The largest absolute Gasteiger partial charge is 0.395 e. The third-order valence-corrected chi connectivity index (χ3v) is 4.10. The monoisotopic (exact) mass is 292 g/mol. The summed E-state index contributed by atoms with van der Waals surface area (Å²) in [5.74, 6) is 5.01. The van der Waals surface area contributed by atoms with Gasteiger partial charge in [-0.05, 0) is 17.9 Å². The standard InChI is InChI=1S/C14H16N2O3S/c15-13(18)11-4-6-16(9-11)14(19)12-10(5-8-20-12)3-1-2-7-17/h5,8,11,17H,2,4,6-7,9H2,(H2,15,18). The van der Waals surface area contributed by atoms with Gasteiger partial charge in [-0.1, -0.05) is 11.8 Å². The van der Waals surface area contributed by atoms with Crippen LogP contribution >= 0.6 is 11.3 Å². The fourth-order valence-electron chi connectivity index (χ4n) is 2.11. The maximum absolute atomic E-state index is 12.4. The van der Waals surface area contributed by atoms with Crippen LogP contribution in [0.2, 0.25) is 0 Å². The lowest BCUT2D eigenvalue weighted by Gasteiger charge is -2.15. The molecule has 1 aliphatic rings. The molecule has 0 aromatic carbocycles. The first-order chi connectivity index (χ1) is 9.63. The summed E-state index contributed by atoms with van der Waals surface area (Å²) in [6, 6.07) is 1.80. The van der Waals surface area contributed by atoms with Crippen molar-refractivity contribution in [1.82, 2.24) is 4.90 Å². The highest BCUT2D eigenvalue weighted by molar-refractivity contribution is 7.12. The van der Waals surface area contributed by atoms with Crippen molar-refractivity contribution < 1.29 is 14.7 Å². The molecule has 0 saturated carbocycles. The molecule has 1 fully saturated rings. The average molecular weight is 292 g/mol. The molecule has 1 atom stereocenters. The number of hydrogen-bond donors (Lipinski definition) is 2. The van der Waals surface area contributed by atoms with Crippen molar-refractivity contribution >= 4 is 23.2 Å². The van der Waals surface area contributed by atoms with Gasteiger partial charge in [-0.2, -0.15) is 0 Å². The number of amides is 2. The van der Waals surface area contributed by atoms with Crippen molar-refractivity contribution in [2.75, 3.05) is 19.7 Å². The van der Waals surface area contributed by atoms with Crippen LogP contribution in [-0.4, -0.2) is 41.5 Å². The van der Waals surface area contributed by atoms with E-state index in [1.165, 1.54) is 11.3 Å². The summed E-state index contributed by atoms with van der Waals surface area (Å²) in [7, 11) is 0. The van der Waals surface area contributed by atoms with Gasteiger partial charge in [0.05, 0.1) is 12.5 Å². The number of nitrogens with zero attached hydrogens (tertiary/aromatic N) is 1. The van der Waals surface area contributed by atoms with Crippen LogP contribution < -0.4 is 5.73 Å². The number of aliphatic hydroxyl groups excluding tert-OH is 1. The molecule has 0 radical (unpaired) electrons. The lowest BCUT2D eigenvalue weighted by atomic mass is 10.1. The van der Waals surface area contributed by atoms with E-state index in [0.717, 1.165) is 0 Å². The van der Waals surface area contributed by atoms with Gasteiger partial charge in [0.15, 0.2) is 0 Å². The zero-order chi connectivity index (χ0) is 14.5. The summed E-state index contributed by atoms with van der Waals surface area (Å²) in [5.41, 5.74) is 5.95. The molecule has 20 heavy (non-hydrogen) atoms. The average Bonchev–Trinajstić information content (AvgIpc) is 3.07. The predicted molar refractivity (Wildman–Crippen MR) is 76.1 cm³/mol. The van der Waals surface area contributed by atoms with Crippen LogP contribution in [0.4, 0.5) is 0 Å². The van der Waals surface area contributed by atoms with Gasteiger partial charge >= 0.3 is 0 Å². The van der Waals surface area contributed by atoms with Gasteiger partial charge in [-0.15, -0.1) is 11.3 Å².